The highest BCUT2D eigenvalue weighted by molar-refractivity contribution is 5.92. The van der Waals surface area contributed by atoms with Crippen LogP contribution in [0.1, 0.15) is 46.5 Å². The van der Waals surface area contributed by atoms with Gasteiger partial charge in [0.05, 0.1) is 12.0 Å². The van der Waals surface area contributed by atoms with E-state index >= 15 is 0 Å². The van der Waals surface area contributed by atoms with Crippen LogP contribution in [0.3, 0.4) is 0 Å². The van der Waals surface area contributed by atoms with Gasteiger partial charge in [-0.05, 0) is 20.3 Å². The number of unbranched alkanes of at least 4 members (excludes halogenated alkanes) is 3. The maximum absolute atomic E-state index is 11.5. The molecule has 3 nitrogen and oxygen atoms in total. The van der Waals surface area contributed by atoms with Crippen LogP contribution in [0.2, 0.25) is 0 Å². The maximum Gasteiger partial charge on any atom is 0.246 e. The van der Waals surface area contributed by atoms with Crippen molar-refractivity contribution < 1.29 is 4.79 Å². The fourth-order valence-electron chi connectivity index (χ4n) is 1.38. The van der Waals surface area contributed by atoms with Crippen molar-refractivity contribution in [2.24, 2.45) is 5.92 Å². The van der Waals surface area contributed by atoms with Crippen LogP contribution in [0.5, 0.6) is 0 Å². The van der Waals surface area contributed by atoms with Gasteiger partial charge in [-0.3, -0.25) is 4.79 Å². The molecule has 1 amide bonds. The van der Waals surface area contributed by atoms with E-state index in [1.54, 1.807) is 19.9 Å². The summed E-state index contributed by atoms with van der Waals surface area (Å²) in [6.45, 7) is 6.41. The molecule has 0 aromatic rings. The molecule has 0 aliphatic carbocycles. The number of amides is 1. The summed E-state index contributed by atoms with van der Waals surface area (Å²) < 4.78 is 0. The quantitative estimate of drug-likeness (QED) is 0.532. The first-order chi connectivity index (χ1) is 7.61. The van der Waals surface area contributed by atoms with Crippen LogP contribution in [0.25, 0.3) is 0 Å². The monoisotopic (exact) mass is 222 g/mol. The molecular weight excluding hydrogens is 200 g/mol. The zero-order valence-corrected chi connectivity index (χ0v) is 10.5. The second-order valence-corrected chi connectivity index (χ2v) is 4.08. The number of hydrogen-bond donors (Lipinski definition) is 1. The number of rotatable bonds is 7. The van der Waals surface area contributed by atoms with Crippen LogP contribution in [0.4, 0.5) is 0 Å². The normalized spacial score (nSPS) is 13.0. The van der Waals surface area contributed by atoms with E-state index in [1.165, 1.54) is 12.8 Å². The number of nitrogens with zero attached hydrogens (tertiary/aromatic N) is 1. The van der Waals surface area contributed by atoms with Crippen molar-refractivity contribution in [1.82, 2.24) is 5.32 Å². The molecule has 0 aliphatic heterocycles. The first-order valence-electron chi connectivity index (χ1n) is 5.98. The molecule has 0 spiro atoms. The van der Waals surface area contributed by atoms with Crippen LogP contribution in [0.15, 0.2) is 11.6 Å². The second kappa shape index (κ2) is 8.96. The van der Waals surface area contributed by atoms with E-state index in [9.17, 15) is 4.79 Å². The van der Waals surface area contributed by atoms with E-state index in [0.29, 0.717) is 5.57 Å². The fourth-order valence-corrected chi connectivity index (χ4v) is 1.38. The highest BCUT2D eigenvalue weighted by Gasteiger charge is 2.04. The van der Waals surface area contributed by atoms with E-state index in [0.717, 1.165) is 19.4 Å². The summed E-state index contributed by atoms with van der Waals surface area (Å²) in [4.78, 5) is 11.5. The highest BCUT2D eigenvalue weighted by atomic mass is 16.1. The second-order valence-electron chi connectivity index (χ2n) is 4.08. The van der Waals surface area contributed by atoms with Gasteiger partial charge in [0.2, 0.25) is 5.91 Å². The van der Waals surface area contributed by atoms with Crippen LogP contribution in [0, 0.1) is 17.2 Å². The molecule has 0 heterocycles. The Kier molecular flexibility index (Phi) is 8.24. The minimum atomic E-state index is -0.203. The lowest BCUT2D eigenvalue weighted by Gasteiger charge is -2.05. The van der Waals surface area contributed by atoms with Gasteiger partial charge < -0.3 is 5.32 Å². The predicted octanol–water partition coefficient (Wildman–Crippen LogP) is 2.79. The highest BCUT2D eigenvalue weighted by Crippen LogP contribution is 2.02. The molecule has 0 saturated carbocycles. The summed E-state index contributed by atoms with van der Waals surface area (Å²) in [5, 5.41) is 11.5. The SMILES string of the molecule is CCCCCCNC(=O)/C(C)=C/C(C)C#N. The molecule has 0 saturated heterocycles. The molecule has 0 fully saturated rings. The molecule has 3 heteroatoms. The van der Waals surface area contributed by atoms with E-state index in [4.69, 9.17) is 5.26 Å². The van der Waals surface area contributed by atoms with Gasteiger partial charge >= 0.3 is 0 Å². The zero-order chi connectivity index (χ0) is 12.4. The lowest BCUT2D eigenvalue weighted by Crippen LogP contribution is -2.25. The van der Waals surface area contributed by atoms with Gasteiger partial charge in [-0.2, -0.15) is 5.26 Å². The molecule has 0 aliphatic rings. The molecule has 0 bridgehead atoms. The predicted molar refractivity (Wildman–Crippen MR) is 65.7 cm³/mol. The van der Waals surface area contributed by atoms with E-state index in [2.05, 4.69) is 18.3 Å². The molecule has 0 rings (SSSR count). The van der Waals surface area contributed by atoms with E-state index < -0.39 is 0 Å². The number of nitriles is 1. The topological polar surface area (TPSA) is 52.9 Å². The van der Waals surface area contributed by atoms with Crippen molar-refractivity contribution in [1.29, 1.82) is 5.26 Å². The Morgan fingerprint density at radius 1 is 1.44 bits per heavy atom. The van der Waals surface area contributed by atoms with Gasteiger partial charge in [-0.1, -0.05) is 32.3 Å². The standard InChI is InChI=1S/C13H22N2O/c1-4-5-6-7-8-15-13(16)12(3)9-11(2)10-14/h9,11H,4-8H2,1-3H3,(H,15,16)/b12-9+. The maximum atomic E-state index is 11.5. The Morgan fingerprint density at radius 3 is 2.69 bits per heavy atom. The molecule has 90 valence electrons. The lowest BCUT2D eigenvalue weighted by molar-refractivity contribution is -0.117. The van der Waals surface area contributed by atoms with Crippen molar-refractivity contribution in [3.63, 3.8) is 0 Å². The average molecular weight is 222 g/mol. The Hall–Kier alpha value is -1.30. The third kappa shape index (κ3) is 7.05. The zero-order valence-electron chi connectivity index (χ0n) is 10.5. The van der Waals surface area contributed by atoms with E-state index in [1.807, 2.05) is 0 Å². The fraction of sp³-hybridized carbons (Fsp3) is 0.692. The summed E-state index contributed by atoms with van der Waals surface area (Å²) in [5.74, 6) is -0.260. The average Bonchev–Trinajstić information content (AvgIpc) is 2.28. The largest absolute Gasteiger partial charge is 0.352 e. The summed E-state index contributed by atoms with van der Waals surface area (Å²) in [6.07, 6.45) is 6.30. The number of allylic oxidation sites excluding steroid dienone is 1. The minimum Gasteiger partial charge on any atom is -0.352 e. The van der Waals surface area contributed by atoms with Crippen molar-refractivity contribution >= 4 is 5.91 Å². The molecule has 16 heavy (non-hydrogen) atoms. The number of carbonyl (C=O) groups is 1. The first kappa shape index (κ1) is 14.7. The minimum absolute atomic E-state index is 0.0569. The Bertz CT molecular complexity index is 276. The van der Waals surface area contributed by atoms with Gasteiger partial charge in [-0.15, -0.1) is 0 Å². The Balaban J connectivity index is 3.81. The summed E-state index contributed by atoms with van der Waals surface area (Å²) in [7, 11) is 0. The van der Waals surface area contributed by atoms with Crippen molar-refractivity contribution in [3.05, 3.63) is 11.6 Å². The van der Waals surface area contributed by atoms with Crippen molar-refractivity contribution in [2.75, 3.05) is 6.54 Å². The number of nitrogens with one attached hydrogen (secondary N) is 1. The third-order valence-electron chi connectivity index (χ3n) is 2.38. The van der Waals surface area contributed by atoms with Crippen molar-refractivity contribution in [3.8, 4) is 6.07 Å². The van der Waals surface area contributed by atoms with Crippen LogP contribution < -0.4 is 5.32 Å². The van der Waals surface area contributed by atoms with Gasteiger partial charge in [0.1, 0.15) is 0 Å². The van der Waals surface area contributed by atoms with Gasteiger partial charge in [0, 0.05) is 12.1 Å². The Labute approximate surface area is 98.5 Å². The van der Waals surface area contributed by atoms with Crippen LogP contribution in [-0.4, -0.2) is 12.5 Å². The smallest absolute Gasteiger partial charge is 0.246 e. The van der Waals surface area contributed by atoms with E-state index in [-0.39, 0.29) is 11.8 Å². The van der Waals surface area contributed by atoms with Crippen molar-refractivity contribution in [2.45, 2.75) is 46.5 Å². The van der Waals surface area contributed by atoms with Crippen LogP contribution >= 0.6 is 0 Å². The molecule has 0 aromatic heterocycles. The summed E-state index contributed by atoms with van der Waals surface area (Å²) in [5.41, 5.74) is 0.629. The molecule has 1 unspecified atom stereocenters. The molecule has 1 N–H and O–H groups in total. The number of carbonyl (C=O) groups excluding carboxylic acids is 1. The van der Waals surface area contributed by atoms with Gasteiger partial charge in [0.15, 0.2) is 0 Å². The Morgan fingerprint density at radius 2 is 2.12 bits per heavy atom. The van der Waals surface area contributed by atoms with Crippen LogP contribution in [-0.2, 0) is 4.79 Å². The van der Waals surface area contributed by atoms with Gasteiger partial charge in [0.25, 0.3) is 0 Å². The lowest BCUT2D eigenvalue weighted by atomic mass is 10.1. The molecule has 0 aromatic carbocycles. The third-order valence-corrected chi connectivity index (χ3v) is 2.38. The first-order valence-corrected chi connectivity index (χ1v) is 5.98. The summed E-state index contributed by atoms with van der Waals surface area (Å²) >= 11 is 0. The number of hydrogen-bond acceptors (Lipinski definition) is 2. The molecule has 1 atom stereocenters. The molecular formula is C13H22N2O. The molecule has 0 radical (unpaired) electrons. The summed E-state index contributed by atoms with van der Waals surface area (Å²) in [6, 6.07) is 2.08. The van der Waals surface area contributed by atoms with Gasteiger partial charge in [-0.25, -0.2) is 0 Å².